The molecule has 0 spiro atoms. The Morgan fingerprint density at radius 2 is 1.38 bits per heavy atom. The van der Waals surface area contributed by atoms with E-state index in [0.717, 1.165) is 31.1 Å². The van der Waals surface area contributed by atoms with E-state index >= 15 is 0 Å². The molecule has 0 aliphatic carbocycles. The molecule has 0 aliphatic heterocycles. The molecule has 0 heterocycles. The van der Waals surface area contributed by atoms with Crippen LogP contribution in [0.2, 0.25) is 0 Å². The summed E-state index contributed by atoms with van der Waals surface area (Å²) >= 11 is 0. The molecule has 1 atom stereocenters. The van der Waals surface area contributed by atoms with Gasteiger partial charge in [-0.1, -0.05) is 24.6 Å². The number of allylic oxidation sites excluding steroid dienone is 3. The quantitative estimate of drug-likeness (QED) is 0.399. The van der Waals surface area contributed by atoms with Gasteiger partial charge in [-0.05, 0) is 31.6 Å². The van der Waals surface area contributed by atoms with E-state index in [4.69, 9.17) is 15.3 Å². The number of hydrogen-bond donors (Lipinski definition) is 3. The van der Waals surface area contributed by atoms with Gasteiger partial charge in [-0.25, -0.2) is 14.4 Å². The minimum Gasteiger partial charge on any atom is -0.478 e. The van der Waals surface area contributed by atoms with Gasteiger partial charge in [0.1, 0.15) is 0 Å². The zero-order valence-electron chi connectivity index (χ0n) is 11.6. The van der Waals surface area contributed by atoms with E-state index in [1.807, 2.05) is 0 Å². The molecule has 3 N–H and O–H groups in total. The van der Waals surface area contributed by atoms with Gasteiger partial charge >= 0.3 is 17.9 Å². The van der Waals surface area contributed by atoms with Crippen LogP contribution in [-0.2, 0) is 14.4 Å². The van der Waals surface area contributed by atoms with Crippen molar-refractivity contribution in [1.29, 1.82) is 0 Å². The number of rotatable bonds is 11. The van der Waals surface area contributed by atoms with Crippen molar-refractivity contribution in [3.05, 3.63) is 36.5 Å². The third kappa shape index (κ3) is 13.9. The normalized spacial score (nSPS) is 13.1. The first kappa shape index (κ1) is 18.6. The molecule has 0 bridgehead atoms. The summed E-state index contributed by atoms with van der Waals surface area (Å²) in [6, 6.07) is 0. The molecule has 0 rings (SSSR count). The predicted molar refractivity (Wildman–Crippen MR) is 76.9 cm³/mol. The molecule has 0 radical (unpaired) electrons. The fourth-order valence-corrected chi connectivity index (χ4v) is 1.71. The highest BCUT2D eigenvalue weighted by Gasteiger charge is 2.04. The Morgan fingerprint density at radius 1 is 0.810 bits per heavy atom. The van der Waals surface area contributed by atoms with Crippen LogP contribution in [0.1, 0.15) is 32.1 Å². The van der Waals surface area contributed by atoms with E-state index in [1.54, 1.807) is 12.2 Å². The highest BCUT2D eigenvalue weighted by molar-refractivity contribution is 5.80. The van der Waals surface area contributed by atoms with E-state index in [2.05, 4.69) is 0 Å². The topological polar surface area (TPSA) is 112 Å². The second kappa shape index (κ2) is 11.5. The van der Waals surface area contributed by atoms with E-state index < -0.39 is 17.9 Å². The monoisotopic (exact) mass is 296 g/mol. The van der Waals surface area contributed by atoms with Crippen LogP contribution < -0.4 is 0 Å². The van der Waals surface area contributed by atoms with Crippen molar-refractivity contribution in [2.75, 3.05) is 0 Å². The summed E-state index contributed by atoms with van der Waals surface area (Å²) in [6.45, 7) is 0. The molecule has 0 amide bonds. The first-order chi connectivity index (χ1) is 9.91. The number of carboxylic acid groups (broad SMARTS) is 3. The maximum absolute atomic E-state index is 10.5. The molecule has 116 valence electrons. The summed E-state index contributed by atoms with van der Waals surface area (Å²) in [4.78, 5) is 31.1. The van der Waals surface area contributed by atoms with Crippen LogP contribution in [0.25, 0.3) is 0 Å². The number of carboxylic acids is 3. The average Bonchev–Trinajstić information content (AvgIpc) is 2.38. The fraction of sp³-hybridized carbons (Fsp3) is 0.400. The van der Waals surface area contributed by atoms with Crippen molar-refractivity contribution in [1.82, 2.24) is 0 Å². The first-order valence-corrected chi connectivity index (χ1v) is 6.62. The van der Waals surface area contributed by atoms with Crippen molar-refractivity contribution in [2.45, 2.75) is 32.1 Å². The Balaban J connectivity index is 4.18. The van der Waals surface area contributed by atoms with Gasteiger partial charge in [0, 0.05) is 18.2 Å². The Bertz CT molecular complexity index is 433. The van der Waals surface area contributed by atoms with E-state index in [0.29, 0.717) is 19.3 Å². The maximum Gasteiger partial charge on any atom is 0.327 e. The average molecular weight is 296 g/mol. The summed E-state index contributed by atoms with van der Waals surface area (Å²) in [6.07, 6.45) is 11.3. The molecule has 0 aromatic carbocycles. The molecule has 0 saturated heterocycles. The van der Waals surface area contributed by atoms with E-state index in [1.165, 1.54) is 6.08 Å². The van der Waals surface area contributed by atoms with Crippen LogP contribution in [0.15, 0.2) is 36.5 Å². The van der Waals surface area contributed by atoms with Gasteiger partial charge < -0.3 is 15.3 Å². The summed E-state index contributed by atoms with van der Waals surface area (Å²) in [5.41, 5.74) is 0. The molecule has 1 unspecified atom stereocenters. The molecule has 0 fully saturated rings. The lowest BCUT2D eigenvalue weighted by Crippen LogP contribution is -1.98. The highest BCUT2D eigenvalue weighted by Crippen LogP contribution is 2.16. The second-order valence-electron chi connectivity index (χ2n) is 4.46. The summed E-state index contributed by atoms with van der Waals surface area (Å²) in [5.74, 6) is -3.09. The largest absolute Gasteiger partial charge is 0.478 e. The number of unbranched alkanes of at least 4 members (excludes halogenated alkanes) is 2. The fourth-order valence-electron chi connectivity index (χ4n) is 1.71. The molecule has 0 aliphatic rings. The van der Waals surface area contributed by atoms with Crippen LogP contribution in [-0.4, -0.2) is 33.2 Å². The lowest BCUT2D eigenvalue weighted by molar-refractivity contribution is -0.132. The third-order valence-corrected chi connectivity index (χ3v) is 2.67. The van der Waals surface area contributed by atoms with Crippen LogP contribution in [0.3, 0.4) is 0 Å². The molecule has 6 nitrogen and oxygen atoms in total. The molecule has 0 aromatic rings. The smallest absolute Gasteiger partial charge is 0.327 e. The minimum atomic E-state index is -1.04. The second-order valence-corrected chi connectivity index (χ2v) is 4.46. The molecular weight excluding hydrogens is 276 g/mol. The maximum atomic E-state index is 10.5. The summed E-state index contributed by atoms with van der Waals surface area (Å²) < 4.78 is 0. The van der Waals surface area contributed by atoms with Gasteiger partial charge in [0.05, 0.1) is 0 Å². The standard InChI is InChI=1S/C15H20O6/c16-13(17)8-4-2-1-3-6-12(10-11-15(20)21)7-5-9-14(18)19/h4-5,8-12H,1-3,6-7H2,(H,16,17)(H,18,19)(H,20,21)/b8-4+,9-5+,11-10+. The van der Waals surface area contributed by atoms with Crippen LogP contribution in [0, 0.1) is 5.92 Å². The van der Waals surface area contributed by atoms with E-state index in [9.17, 15) is 14.4 Å². The minimum absolute atomic E-state index is 0.0415. The number of carbonyl (C=O) groups is 3. The number of aliphatic carboxylic acids is 3. The lowest BCUT2D eigenvalue weighted by Gasteiger charge is -2.09. The number of hydrogen-bond acceptors (Lipinski definition) is 3. The highest BCUT2D eigenvalue weighted by atomic mass is 16.4. The van der Waals surface area contributed by atoms with Crippen molar-refractivity contribution in [3.8, 4) is 0 Å². The Hall–Kier alpha value is -2.37. The molecule has 0 saturated carbocycles. The Kier molecular flexibility index (Phi) is 10.2. The van der Waals surface area contributed by atoms with Gasteiger partial charge in [-0.3, -0.25) is 0 Å². The third-order valence-electron chi connectivity index (χ3n) is 2.67. The van der Waals surface area contributed by atoms with Gasteiger partial charge in [0.2, 0.25) is 0 Å². The van der Waals surface area contributed by atoms with Gasteiger partial charge in [-0.15, -0.1) is 0 Å². The lowest BCUT2D eigenvalue weighted by atomic mass is 9.97. The van der Waals surface area contributed by atoms with Crippen LogP contribution in [0.5, 0.6) is 0 Å². The van der Waals surface area contributed by atoms with Crippen molar-refractivity contribution in [2.24, 2.45) is 5.92 Å². The van der Waals surface area contributed by atoms with Gasteiger partial charge in [0.25, 0.3) is 0 Å². The van der Waals surface area contributed by atoms with Crippen molar-refractivity contribution < 1.29 is 29.7 Å². The first-order valence-electron chi connectivity index (χ1n) is 6.62. The molecule has 21 heavy (non-hydrogen) atoms. The van der Waals surface area contributed by atoms with Gasteiger partial charge in [-0.2, -0.15) is 0 Å². The zero-order valence-corrected chi connectivity index (χ0v) is 11.6. The van der Waals surface area contributed by atoms with Crippen molar-refractivity contribution in [3.63, 3.8) is 0 Å². The summed E-state index contributed by atoms with van der Waals surface area (Å²) in [5, 5.41) is 25.5. The van der Waals surface area contributed by atoms with E-state index in [-0.39, 0.29) is 5.92 Å². The van der Waals surface area contributed by atoms with Crippen LogP contribution >= 0.6 is 0 Å². The molecule has 6 heteroatoms. The Labute approximate surface area is 123 Å². The SMILES string of the molecule is O=C(O)/C=C/CCCCC(/C=C/C(=O)O)C/C=C/C(=O)O. The van der Waals surface area contributed by atoms with Crippen LogP contribution in [0.4, 0.5) is 0 Å². The van der Waals surface area contributed by atoms with Crippen molar-refractivity contribution >= 4 is 17.9 Å². The Morgan fingerprint density at radius 3 is 1.95 bits per heavy atom. The van der Waals surface area contributed by atoms with Gasteiger partial charge in [0.15, 0.2) is 0 Å². The molecular formula is C15H20O6. The summed E-state index contributed by atoms with van der Waals surface area (Å²) in [7, 11) is 0. The predicted octanol–water partition coefficient (Wildman–Crippen LogP) is 2.48. The zero-order chi connectivity index (χ0) is 16.1. The molecule has 0 aromatic heterocycles.